The molecule has 3 aromatic rings. The van der Waals surface area contributed by atoms with Crippen molar-refractivity contribution in [3.05, 3.63) is 77.5 Å². The second kappa shape index (κ2) is 8.35. The number of carboxylic acids is 1. The summed E-state index contributed by atoms with van der Waals surface area (Å²) in [5, 5.41) is 8.90. The zero-order valence-electron chi connectivity index (χ0n) is 16.3. The van der Waals surface area contributed by atoms with E-state index in [2.05, 4.69) is 35.3 Å². The molecule has 1 N–H and O–H groups in total. The predicted molar refractivity (Wildman–Crippen MR) is 110 cm³/mol. The number of aryl methyl sites for hydroxylation is 2. The molecule has 5 heteroatoms. The maximum Gasteiger partial charge on any atom is 0.303 e. The van der Waals surface area contributed by atoms with Gasteiger partial charge in [-0.15, -0.1) is 0 Å². The number of carbonyl (C=O) groups is 1. The molecule has 0 saturated heterocycles. The van der Waals surface area contributed by atoms with Gasteiger partial charge in [0.25, 0.3) is 0 Å². The number of carboxylic acid groups (broad SMARTS) is 1. The Labute approximate surface area is 169 Å². The van der Waals surface area contributed by atoms with E-state index in [0.29, 0.717) is 12.3 Å². The first-order valence-corrected chi connectivity index (χ1v) is 9.73. The van der Waals surface area contributed by atoms with Crippen LogP contribution in [0.15, 0.2) is 60.8 Å². The standard InChI is InChI=1S/C24H23NO4/c1-28-23-15-20(12-13-25-23)17-5-7-18(8-6-17)21-10-9-19-4-2-16(3-11-24(26)27)14-22(19)29-21/h2,4-8,12-15,21H,3,9-11H2,1H3,(H,26,27). The Hall–Kier alpha value is -3.34. The fraction of sp³-hybridized carbons (Fsp3) is 0.250. The summed E-state index contributed by atoms with van der Waals surface area (Å²) in [7, 11) is 1.61. The van der Waals surface area contributed by atoms with Gasteiger partial charge in [-0.1, -0.05) is 36.4 Å². The van der Waals surface area contributed by atoms with Gasteiger partial charge in [0.05, 0.1) is 7.11 Å². The minimum atomic E-state index is -0.784. The Kier molecular flexibility index (Phi) is 5.47. The van der Waals surface area contributed by atoms with E-state index in [0.717, 1.165) is 40.8 Å². The van der Waals surface area contributed by atoms with Crippen LogP contribution < -0.4 is 9.47 Å². The molecule has 0 saturated carbocycles. The highest BCUT2D eigenvalue weighted by molar-refractivity contribution is 5.67. The van der Waals surface area contributed by atoms with Gasteiger partial charge in [-0.3, -0.25) is 4.79 Å². The molecule has 1 aromatic heterocycles. The van der Waals surface area contributed by atoms with Crippen molar-refractivity contribution in [2.24, 2.45) is 0 Å². The highest BCUT2D eigenvalue weighted by atomic mass is 16.5. The van der Waals surface area contributed by atoms with Gasteiger partial charge in [-0.05, 0) is 59.2 Å². The monoisotopic (exact) mass is 389 g/mol. The quantitative estimate of drug-likeness (QED) is 0.653. The molecule has 1 unspecified atom stereocenters. The SMILES string of the molecule is COc1cc(-c2ccc(C3CCc4ccc(CCC(=O)O)cc4O3)cc2)ccn1. The first-order chi connectivity index (χ1) is 14.1. The fourth-order valence-corrected chi connectivity index (χ4v) is 3.65. The summed E-state index contributed by atoms with van der Waals surface area (Å²) in [6.07, 6.45) is 4.25. The van der Waals surface area contributed by atoms with Crippen LogP contribution in [0.5, 0.6) is 11.6 Å². The molecule has 2 aromatic carbocycles. The second-order valence-corrected chi connectivity index (χ2v) is 7.19. The van der Waals surface area contributed by atoms with Crippen molar-refractivity contribution in [1.29, 1.82) is 0 Å². The number of aromatic nitrogens is 1. The van der Waals surface area contributed by atoms with Gasteiger partial charge in [0.15, 0.2) is 0 Å². The Morgan fingerprint density at radius 2 is 1.97 bits per heavy atom. The molecule has 0 aliphatic carbocycles. The van der Waals surface area contributed by atoms with Crippen molar-refractivity contribution in [2.45, 2.75) is 31.8 Å². The van der Waals surface area contributed by atoms with E-state index in [-0.39, 0.29) is 12.5 Å². The number of nitrogens with zero attached hydrogens (tertiary/aromatic N) is 1. The number of methoxy groups -OCH3 is 1. The summed E-state index contributed by atoms with van der Waals surface area (Å²) in [5.41, 5.74) is 5.47. The van der Waals surface area contributed by atoms with Gasteiger partial charge >= 0.3 is 5.97 Å². The molecule has 5 nitrogen and oxygen atoms in total. The van der Waals surface area contributed by atoms with Crippen molar-refractivity contribution < 1.29 is 19.4 Å². The number of benzene rings is 2. The summed E-state index contributed by atoms with van der Waals surface area (Å²) in [6.45, 7) is 0. The fourth-order valence-electron chi connectivity index (χ4n) is 3.65. The molecule has 0 bridgehead atoms. The topological polar surface area (TPSA) is 68.7 Å². The van der Waals surface area contributed by atoms with E-state index >= 15 is 0 Å². The van der Waals surface area contributed by atoms with E-state index < -0.39 is 5.97 Å². The van der Waals surface area contributed by atoms with Crippen LogP contribution in [-0.2, 0) is 17.6 Å². The number of aliphatic carboxylic acids is 1. The number of pyridine rings is 1. The predicted octanol–water partition coefficient (Wildman–Crippen LogP) is 4.84. The summed E-state index contributed by atoms with van der Waals surface area (Å²) >= 11 is 0. The molecular weight excluding hydrogens is 366 g/mol. The largest absolute Gasteiger partial charge is 0.485 e. The molecule has 0 spiro atoms. The maximum absolute atomic E-state index is 10.8. The minimum absolute atomic E-state index is 0.00162. The zero-order valence-corrected chi connectivity index (χ0v) is 16.3. The van der Waals surface area contributed by atoms with E-state index in [4.69, 9.17) is 14.6 Å². The molecule has 0 radical (unpaired) electrons. The van der Waals surface area contributed by atoms with E-state index in [1.165, 1.54) is 5.56 Å². The lowest BCUT2D eigenvalue weighted by Crippen LogP contribution is -2.15. The average Bonchev–Trinajstić information content (AvgIpc) is 2.77. The highest BCUT2D eigenvalue weighted by Crippen LogP contribution is 2.36. The van der Waals surface area contributed by atoms with Gasteiger partial charge in [-0.2, -0.15) is 0 Å². The molecule has 0 fully saturated rings. The third kappa shape index (κ3) is 4.40. The summed E-state index contributed by atoms with van der Waals surface area (Å²) in [5.74, 6) is 0.679. The van der Waals surface area contributed by atoms with E-state index in [1.54, 1.807) is 13.3 Å². The van der Waals surface area contributed by atoms with Crippen LogP contribution in [-0.4, -0.2) is 23.2 Å². The number of fused-ring (bicyclic) bond motifs is 1. The molecule has 1 atom stereocenters. The van der Waals surface area contributed by atoms with Crippen molar-refractivity contribution >= 4 is 5.97 Å². The van der Waals surface area contributed by atoms with Gasteiger partial charge in [0.2, 0.25) is 5.88 Å². The summed E-state index contributed by atoms with van der Waals surface area (Å²) < 4.78 is 11.5. The molecule has 0 amide bonds. The van der Waals surface area contributed by atoms with Crippen LogP contribution in [0.25, 0.3) is 11.1 Å². The molecule has 29 heavy (non-hydrogen) atoms. The normalized spacial score (nSPS) is 15.3. The number of rotatable bonds is 6. The zero-order chi connectivity index (χ0) is 20.2. The minimum Gasteiger partial charge on any atom is -0.485 e. The van der Waals surface area contributed by atoms with Gasteiger partial charge in [0.1, 0.15) is 11.9 Å². The third-order valence-corrected chi connectivity index (χ3v) is 5.26. The van der Waals surface area contributed by atoms with E-state index in [9.17, 15) is 4.79 Å². The lowest BCUT2D eigenvalue weighted by atomic mass is 9.94. The van der Waals surface area contributed by atoms with E-state index in [1.807, 2.05) is 24.3 Å². The average molecular weight is 389 g/mol. The Bertz CT molecular complexity index is 1010. The summed E-state index contributed by atoms with van der Waals surface area (Å²) in [6, 6.07) is 18.3. The maximum atomic E-state index is 10.8. The Morgan fingerprint density at radius 3 is 2.72 bits per heavy atom. The number of ether oxygens (including phenoxy) is 2. The molecule has 2 heterocycles. The van der Waals surface area contributed by atoms with Crippen LogP contribution in [0.1, 0.15) is 35.6 Å². The molecular formula is C24H23NO4. The van der Waals surface area contributed by atoms with Crippen LogP contribution in [0.3, 0.4) is 0 Å². The highest BCUT2D eigenvalue weighted by Gasteiger charge is 2.21. The lowest BCUT2D eigenvalue weighted by Gasteiger charge is -2.27. The lowest BCUT2D eigenvalue weighted by molar-refractivity contribution is -0.136. The number of hydrogen-bond donors (Lipinski definition) is 1. The third-order valence-electron chi connectivity index (χ3n) is 5.26. The number of hydrogen-bond acceptors (Lipinski definition) is 4. The second-order valence-electron chi connectivity index (χ2n) is 7.19. The van der Waals surface area contributed by atoms with Crippen LogP contribution >= 0.6 is 0 Å². The molecule has 1 aliphatic rings. The van der Waals surface area contributed by atoms with Crippen molar-refractivity contribution in [3.8, 4) is 22.8 Å². The Morgan fingerprint density at radius 1 is 1.14 bits per heavy atom. The smallest absolute Gasteiger partial charge is 0.303 e. The summed E-state index contributed by atoms with van der Waals surface area (Å²) in [4.78, 5) is 15.0. The van der Waals surface area contributed by atoms with Gasteiger partial charge in [0, 0.05) is 18.7 Å². The Balaban J connectivity index is 1.50. The molecule has 148 valence electrons. The van der Waals surface area contributed by atoms with Crippen LogP contribution in [0.4, 0.5) is 0 Å². The van der Waals surface area contributed by atoms with Gasteiger partial charge in [-0.25, -0.2) is 4.98 Å². The van der Waals surface area contributed by atoms with Crippen molar-refractivity contribution in [2.75, 3.05) is 7.11 Å². The first kappa shape index (κ1) is 19.0. The molecule has 1 aliphatic heterocycles. The first-order valence-electron chi connectivity index (χ1n) is 9.73. The van der Waals surface area contributed by atoms with Crippen LogP contribution in [0, 0.1) is 0 Å². The van der Waals surface area contributed by atoms with Gasteiger partial charge < -0.3 is 14.6 Å². The van der Waals surface area contributed by atoms with Crippen molar-refractivity contribution in [3.63, 3.8) is 0 Å². The van der Waals surface area contributed by atoms with Crippen molar-refractivity contribution in [1.82, 2.24) is 4.98 Å². The molecule has 4 rings (SSSR count). The van der Waals surface area contributed by atoms with Crippen LogP contribution in [0.2, 0.25) is 0 Å².